The fraction of sp³-hybridized carbons (Fsp3) is 0.844. The molecule has 0 aromatic heterocycles. The second-order valence-corrected chi connectivity index (χ2v) is 13.6. The minimum Gasteiger partial charge on any atom is -0.452 e. The molecule has 0 radical (unpaired) electrons. The molecule has 13 heteroatoms. The van der Waals surface area contributed by atoms with Gasteiger partial charge in [-0.15, -0.1) is 0 Å². The molecule has 7 atom stereocenters. The van der Waals surface area contributed by atoms with Gasteiger partial charge in [0.05, 0.1) is 19.1 Å². The Morgan fingerprint density at radius 3 is 2.29 bits per heavy atom. The molecule has 0 spiro atoms. The highest BCUT2D eigenvalue weighted by molar-refractivity contribution is 5.95. The number of rotatable bonds is 5. The van der Waals surface area contributed by atoms with Gasteiger partial charge in [-0.05, 0) is 45.4 Å². The maximum atomic E-state index is 14.0. The zero-order chi connectivity index (χ0) is 33.6. The first-order valence-corrected chi connectivity index (χ1v) is 16.4. The highest BCUT2D eigenvalue weighted by Crippen LogP contribution is 2.28. The van der Waals surface area contributed by atoms with Crippen molar-refractivity contribution >= 4 is 29.6 Å². The van der Waals surface area contributed by atoms with Crippen molar-refractivity contribution in [3.05, 3.63) is 0 Å². The highest BCUT2D eigenvalue weighted by atomic mass is 16.7. The third kappa shape index (κ3) is 9.16. The van der Waals surface area contributed by atoms with Crippen LogP contribution in [0.25, 0.3) is 0 Å². The number of ether oxygens (including phenoxy) is 3. The number of carbonyl (C=O) groups is 5. The number of carbonyl (C=O) groups excluding carboxylic acids is 5. The summed E-state index contributed by atoms with van der Waals surface area (Å²) in [5.41, 5.74) is 0. The van der Waals surface area contributed by atoms with E-state index in [0.717, 1.165) is 0 Å². The van der Waals surface area contributed by atoms with Gasteiger partial charge < -0.3 is 39.5 Å². The Bertz CT molecular complexity index is 1080. The highest BCUT2D eigenvalue weighted by Gasteiger charge is 2.44. The molecule has 13 nitrogen and oxygen atoms in total. The summed E-state index contributed by atoms with van der Waals surface area (Å²) >= 11 is 0. The molecule has 4 amide bonds. The van der Waals surface area contributed by atoms with E-state index >= 15 is 0 Å². The van der Waals surface area contributed by atoms with Crippen molar-refractivity contribution in [1.29, 1.82) is 0 Å². The minimum atomic E-state index is -1.16. The van der Waals surface area contributed by atoms with Crippen LogP contribution in [0, 0.1) is 11.8 Å². The van der Waals surface area contributed by atoms with Crippen LogP contribution in [0.4, 0.5) is 0 Å². The van der Waals surface area contributed by atoms with Crippen molar-refractivity contribution in [1.82, 2.24) is 25.3 Å². The van der Waals surface area contributed by atoms with Gasteiger partial charge in [0.2, 0.25) is 17.7 Å². The van der Waals surface area contributed by atoms with E-state index in [-0.39, 0.29) is 55.7 Å². The maximum absolute atomic E-state index is 14.0. The van der Waals surface area contributed by atoms with Crippen LogP contribution in [-0.2, 0) is 38.2 Å². The summed E-state index contributed by atoms with van der Waals surface area (Å²) in [6.45, 7) is 14.3. The van der Waals surface area contributed by atoms with Crippen LogP contribution >= 0.6 is 0 Å². The summed E-state index contributed by atoms with van der Waals surface area (Å²) in [5, 5.41) is 6.15. The summed E-state index contributed by atoms with van der Waals surface area (Å²) in [7, 11) is 3.31. The number of nitrogens with one attached hydrogen (secondary N) is 2. The molecular formula is C32H55N5O8. The predicted octanol–water partition coefficient (Wildman–Crippen LogP) is 1.28. The molecule has 3 aliphatic rings. The van der Waals surface area contributed by atoms with Gasteiger partial charge in [-0.2, -0.15) is 0 Å². The van der Waals surface area contributed by atoms with Crippen LogP contribution in [0.3, 0.4) is 0 Å². The summed E-state index contributed by atoms with van der Waals surface area (Å²) in [5.74, 6) is -3.28. The third-order valence-corrected chi connectivity index (χ3v) is 9.31. The molecular weight excluding hydrogens is 582 g/mol. The molecule has 45 heavy (non-hydrogen) atoms. The second kappa shape index (κ2) is 15.7. The molecule has 256 valence electrons. The molecule has 3 saturated heterocycles. The third-order valence-electron chi connectivity index (χ3n) is 9.31. The van der Waals surface area contributed by atoms with E-state index in [1.165, 1.54) is 9.80 Å². The summed E-state index contributed by atoms with van der Waals surface area (Å²) in [6, 6.07) is -2.72. The Balaban J connectivity index is 1.96. The van der Waals surface area contributed by atoms with Crippen molar-refractivity contribution in [3.8, 4) is 0 Å². The van der Waals surface area contributed by atoms with Gasteiger partial charge in [0.15, 0.2) is 11.9 Å². The van der Waals surface area contributed by atoms with E-state index in [0.29, 0.717) is 32.4 Å². The van der Waals surface area contributed by atoms with Crippen molar-refractivity contribution in [2.24, 2.45) is 11.8 Å². The maximum Gasteiger partial charge on any atom is 0.307 e. The second-order valence-electron chi connectivity index (χ2n) is 13.6. The van der Waals surface area contributed by atoms with Gasteiger partial charge in [0, 0.05) is 46.2 Å². The molecule has 0 bridgehead atoms. The summed E-state index contributed by atoms with van der Waals surface area (Å²) in [6.07, 6.45) is 0.0646. The Labute approximate surface area is 268 Å². The van der Waals surface area contributed by atoms with Crippen LogP contribution in [0.1, 0.15) is 80.6 Å². The molecule has 0 aromatic rings. The quantitative estimate of drug-likeness (QED) is 0.426. The average Bonchev–Trinajstić information content (AvgIpc) is 3.61. The smallest absolute Gasteiger partial charge is 0.307 e. The van der Waals surface area contributed by atoms with Crippen molar-refractivity contribution < 1.29 is 38.2 Å². The first-order valence-electron chi connectivity index (χ1n) is 16.4. The number of hydrogen-bond acceptors (Lipinski definition) is 9. The SMILES string of the molecule is CC[C@H](C)[C@@H]1NC(=O)[C@@H]2CCCN2C(=O)[C@@H](C[C@H]2COC(C)(C)O2)OC(=O)CCNC[C@H](C)N(C)C(=O)C(C(C)C)N(C)C1=O. The molecule has 3 rings (SSSR count). The van der Waals surface area contributed by atoms with Crippen LogP contribution in [0.15, 0.2) is 0 Å². The first-order chi connectivity index (χ1) is 21.1. The van der Waals surface area contributed by atoms with Gasteiger partial charge in [-0.1, -0.05) is 34.1 Å². The zero-order valence-corrected chi connectivity index (χ0v) is 28.6. The van der Waals surface area contributed by atoms with E-state index in [4.69, 9.17) is 14.2 Å². The van der Waals surface area contributed by atoms with Gasteiger partial charge >= 0.3 is 5.97 Å². The lowest BCUT2D eigenvalue weighted by Crippen LogP contribution is -2.60. The van der Waals surface area contributed by atoms with Gasteiger partial charge in [-0.3, -0.25) is 24.0 Å². The van der Waals surface area contributed by atoms with Crippen LogP contribution in [0.5, 0.6) is 0 Å². The predicted molar refractivity (Wildman–Crippen MR) is 167 cm³/mol. The Kier molecular flexibility index (Phi) is 12.8. The van der Waals surface area contributed by atoms with Crippen molar-refractivity contribution in [2.45, 2.75) is 123 Å². The van der Waals surface area contributed by atoms with E-state index in [1.807, 2.05) is 34.6 Å². The lowest BCUT2D eigenvalue weighted by Gasteiger charge is -2.38. The van der Waals surface area contributed by atoms with Crippen molar-refractivity contribution in [2.75, 3.05) is 40.3 Å². The largest absolute Gasteiger partial charge is 0.452 e. The van der Waals surface area contributed by atoms with Crippen molar-refractivity contribution in [3.63, 3.8) is 0 Å². The normalized spacial score (nSPS) is 32.1. The minimum absolute atomic E-state index is 0.00797. The lowest BCUT2D eigenvalue weighted by molar-refractivity contribution is -0.166. The molecule has 0 saturated carbocycles. The number of fused-ring (bicyclic) bond motifs is 1. The van der Waals surface area contributed by atoms with Gasteiger partial charge in [0.25, 0.3) is 5.91 Å². The molecule has 0 aliphatic carbocycles. The Morgan fingerprint density at radius 2 is 1.69 bits per heavy atom. The number of amides is 4. The fourth-order valence-electron chi connectivity index (χ4n) is 6.27. The Hall–Kier alpha value is -2.77. The van der Waals surface area contributed by atoms with Gasteiger partial charge in [-0.25, -0.2) is 0 Å². The monoisotopic (exact) mass is 637 g/mol. The first kappa shape index (κ1) is 36.7. The number of likely N-dealkylation sites (N-methyl/N-ethyl adjacent to an activating group) is 2. The van der Waals surface area contributed by atoms with Crippen LogP contribution in [0.2, 0.25) is 0 Å². The van der Waals surface area contributed by atoms with E-state index < -0.39 is 53.9 Å². The average molecular weight is 638 g/mol. The van der Waals surface area contributed by atoms with Crippen LogP contribution < -0.4 is 10.6 Å². The number of hydrogen-bond donors (Lipinski definition) is 2. The van der Waals surface area contributed by atoms with E-state index in [2.05, 4.69) is 10.6 Å². The fourth-order valence-corrected chi connectivity index (χ4v) is 6.27. The summed E-state index contributed by atoms with van der Waals surface area (Å²) in [4.78, 5) is 73.1. The van der Waals surface area contributed by atoms with E-state index in [9.17, 15) is 24.0 Å². The number of esters is 1. The van der Waals surface area contributed by atoms with Crippen LogP contribution in [-0.4, -0.2) is 127 Å². The molecule has 3 heterocycles. The Morgan fingerprint density at radius 1 is 1.00 bits per heavy atom. The molecule has 1 unspecified atom stereocenters. The van der Waals surface area contributed by atoms with E-state index in [1.54, 1.807) is 32.8 Å². The lowest BCUT2D eigenvalue weighted by atomic mass is 9.94. The summed E-state index contributed by atoms with van der Waals surface area (Å²) < 4.78 is 17.3. The van der Waals surface area contributed by atoms with Gasteiger partial charge in [0.1, 0.15) is 18.1 Å². The molecule has 2 N–H and O–H groups in total. The molecule has 3 aliphatic heterocycles. The standard InChI is InChI=1S/C32H55N5O8/c1-10-20(4)26-30(41)36(9)27(19(2)3)31(42)35(8)21(5)17-33-14-13-25(38)44-24(16-22-18-43-32(6,7)45-22)29(40)37-15-11-12-23(37)28(39)34-26/h19-24,26-27,33H,10-18H2,1-9H3,(H,34,39)/t20-,21-,22-,23-,24+,26-,27?/m0/s1. The number of nitrogens with zero attached hydrogens (tertiary/aromatic N) is 3. The zero-order valence-electron chi connectivity index (χ0n) is 28.6. The number of cyclic esters (lactones) is 1. The topological polar surface area (TPSA) is 147 Å². The molecule has 3 fully saturated rings. The molecule has 0 aromatic carbocycles.